The lowest BCUT2D eigenvalue weighted by Gasteiger charge is -2.25. The zero-order valence-electron chi connectivity index (χ0n) is 20.2. The van der Waals surface area contributed by atoms with Crippen LogP contribution in [0.5, 0.6) is 5.75 Å². The van der Waals surface area contributed by atoms with Crippen LogP contribution in [0.2, 0.25) is 0 Å². The normalized spacial score (nSPS) is 14.1. The minimum absolute atomic E-state index is 0.0133. The summed E-state index contributed by atoms with van der Waals surface area (Å²) in [6.45, 7) is -0.610. The molecule has 14 heteroatoms. The van der Waals surface area contributed by atoms with Crippen molar-refractivity contribution < 1.29 is 34.5 Å². The number of aliphatic carboxylic acids is 1. The van der Waals surface area contributed by atoms with E-state index in [1.165, 1.54) is 36.4 Å². The van der Waals surface area contributed by atoms with Crippen LogP contribution in [0.15, 0.2) is 36.8 Å². The van der Waals surface area contributed by atoms with Crippen molar-refractivity contribution >= 4 is 35.5 Å². The van der Waals surface area contributed by atoms with Gasteiger partial charge in [-0.3, -0.25) is 14.4 Å². The predicted octanol–water partition coefficient (Wildman–Crippen LogP) is -1.49. The van der Waals surface area contributed by atoms with Crippen LogP contribution in [0.1, 0.15) is 17.7 Å². The number of thioether (sulfide) groups is 1. The van der Waals surface area contributed by atoms with Crippen LogP contribution in [0.3, 0.4) is 0 Å². The number of carboxylic acid groups (broad SMARTS) is 1. The quantitative estimate of drug-likeness (QED) is 0.132. The van der Waals surface area contributed by atoms with E-state index >= 15 is 0 Å². The van der Waals surface area contributed by atoms with E-state index in [0.29, 0.717) is 17.0 Å². The number of rotatable bonds is 15. The Balaban J connectivity index is 2.24. The van der Waals surface area contributed by atoms with Gasteiger partial charge < -0.3 is 42.0 Å². The second kappa shape index (κ2) is 14.8. The van der Waals surface area contributed by atoms with E-state index in [1.54, 1.807) is 12.1 Å². The van der Waals surface area contributed by atoms with Crippen molar-refractivity contribution in [1.29, 1.82) is 0 Å². The topological polar surface area (TPSA) is 220 Å². The summed E-state index contributed by atoms with van der Waals surface area (Å²) in [6.07, 6.45) is 4.79. The molecular weight excluding hydrogens is 504 g/mol. The number of nitrogens with two attached hydrogens (primary N) is 1. The van der Waals surface area contributed by atoms with Gasteiger partial charge in [-0.1, -0.05) is 12.1 Å². The first-order valence-corrected chi connectivity index (χ1v) is 12.8. The molecule has 2 rings (SSSR count). The van der Waals surface area contributed by atoms with Crippen LogP contribution in [-0.2, 0) is 32.0 Å². The number of carbonyl (C=O) groups is 4. The Hall–Kier alpha value is -3.62. The smallest absolute Gasteiger partial charge is 0.326 e. The molecule has 1 aromatic heterocycles. The van der Waals surface area contributed by atoms with Crippen molar-refractivity contribution in [1.82, 2.24) is 25.9 Å². The van der Waals surface area contributed by atoms with Crippen LogP contribution in [-0.4, -0.2) is 91.8 Å². The minimum Gasteiger partial charge on any atom is -0.508 e. The maximum atomic E-state index is 13.2. The maximum absolute atomic E-state index is 13.2. The van der Waals surface area contributed by atoms with Gasteiger partial charge in [-0.05, 0) is 36.1 Å². The fourth-order valence-corrected chi connectivity index (χ4v) is 3.78. The highest BCUT2D eigenvalue weighted by molar-refractivity contribution is 7.98. The Kier molecular flexibility index (Phi) is 11.9. The molecule has 13 nitrogen and oxygen atoms in total. The van der Waals surface area contributed by atoms with E-state index in [0.717, 1.165) is 0 Å². The number of amides is 3. The highest BCUT2D eigenvalue weighted by Crippen LogP contribution is 2.12. The number of hydrogen-bond donors (Lipinski definition) is 8. The number of nitrogens with one attached hydrogen (secondary N) is 4. The molecule has 0 spiro atoms. The van der Waals surface area contributed by atoms with Crippen molar-refractivity contribution in [2.75, 3.05) is 18.6 Å². The third-order valence-electron chi connectivity index (χ3n) is 5.38. The van der Waals surface area contributed by atoms with E-state index < -0.39 is 54.5 Å². The molecule has 3 amide bonds. The van der Waals surface area contributed by atoms with Gasteiger partial charge in [0, 0.05) is 24.7 Å². The predicted molar refractivity (Wildman–Crippen MR) is 136 cm³/mol. The number of carboxylic acids is 1. The zero-order chi connectivity index (χ0) is 27.4. The van der Waals surface area contributed by atoms with Gasteiger partial charge in [0.1, 0.15) is 29.9 Å². The number of nitrogens with zero attached hydrogens (tertiary/aromatic N) is 1. The number of aliphatic hydroxyl groups excluding tert-OH is 1. The largest absolute Gasteiger partial charge is 0.508 e. The number of aromatic nitrogens is 2. The summed E-state index contributed by atoms with van der Waals surface area (Å²) in [5.74, 6) is -2.91. The van der Waals surface area contributed by atoms with Crippen LogP contribution in [0.25, 0.3) is 0 Å². The van der Waals surface area contributed by atoms with E-state index in [-0.39, 0.29) is 25.0 Å². The Bertz CT molecular complexity index is 1030. The molecule has 0 aliphatic rings. The van der Waals surface area contributed by atoms with Gasteiger partial charge in [-0.25, -0.2) is 9.78 Å². The molecule has 2 aromatic rings. The minimum atomic E-state index is -1.30. The van der Waals surface area contributed by atoms with Crippen LogP contribution >= 0.6 is 11.8 Å². The van der Waals surface area contributed by atoms with Crippen molar-refractivity contribution in [3.63, 3.8) is 0 Å². The van der Waals surface area contributed by atoms with Crippen LogP contribution in [0, 0.1) is 0 Å². The first-order valence-electron chi connectivity index (χ1n) is 11.4. The van der Waals surface area contributed by atoms with Crippen molar-refractivity contribution in [3.05, 3.63) is 48.0 Å². The lowest BCUT2D eigenvalue weighted by atomic mass is 10.0. The SMILES string of the molecule is CSCCC(NC(=O)C(N)CO)C(=O)NC(Cc1ccc(O)cc1)C(=O)NC(Cc1cnc[nH]1)C(=O)O. The number of phenolic OH excluding ortho intramolecular Hbond substituents is 1. The highest BCUT2D eigenvalue weighted by Gasteiger charge is 2.30. The lowest BCUT2D eigenvalue weighted by Crippen LogP contribution is -2.58. The first kappa shape index (κ1) is 29.6. The van der Waals surface area contributed by atoms with Gasteiger partial charge in [-0.15, -0.1) is 0 Å². The number of imidazole rings is 1. The van der Waals surface area contributed by atoms with Crippen LogP contribution < -0.4 is 21.7 Å². The fourth-order valence-electron chi connectivity index (χ4n) is 3.30. The second-order valence-electron chi connectivity index (χ2n) is 8.24. The Morgan fingerprint density at radius 1 is 1.00 bits per heavy atom. The van der Waals surface area contributed by atoms with Crippen molar-refractivity contribution in [2.24, 2.45) is 5.73 Å². The summed E-state index contributed by atoms with van der Waals surface area (Å²) in [6, 6.07) is 1.18. The van der Waals surface area contributed by atoms with E-state index in [9.17, 15) is 29.4 Å². The fraction of sp³-hybridized carbons (Fsp3) is 0.435. The molecule has 1 heterocycles. The maximum Gasteiger partial charge on any atom is 0.326 e. The molecule has 1 aromatic carbocycles. The summed E-state index contributed by atoms with van der Waals surface area (Å²) in [4.78, 5) is 57.0. The highest BCUT2D eigenvalue weighted by atomic mass is 32.2. The second-order valence-corrected chi connectivity index (χ2v) is 9.23. The molecule has 0 bridgehead atoms. The number of carbonyl (C=O) groups excluding carboxylic acids is 3. The van der Waals surface area contributed by atoms with Gasteiger partial charge in [0.2, 0.25) is 17.7 Å². The molecule has 0 fully saturated rings. The van der Waals surface area contributed by atoms with Gasteiger partial charge in [0.05, 0.1) is 12.9 Å². The summed E-state index contributed by atoms with van der Waals surface area (Å²) < 4.78 is 0. The first-order chi connectivity index (χ1) is 17.6. The number of H-pyrrole nitrogens is 1. The summed E-state index contributed by atoms with van der Waals surface area (Å²) >= 11 is 1.44. The Labute approximate surface area is 217 Å². The Morgan fingerprint density at radius 2 is 1.62 bits per heavy atom. The molecule has 4 atom stereocenters. The monoisotopic (exact) mass is 536 g/mol. The molecule has 4 unspecified atom stereocenters. The average Bonchev–Trinajstić information content (AvgIpc) is 3.39. The number of aromatic hydroxyl groups is 1. The summed E-state index contributed by atoms with van der Waals surface area (Å²) in [5, 5.41) is 35.9. The molecular formula is C23H32N6O7S. The molecule has 0 saturated carbocycles. The molecule has 0 saturated heterocycles. The standard InChI is InChI=1S/C23H32N6O7S/c1-37-7-6-17(27-20(32)16(24)11-30)21(33)28-18(8-13-2-4-15(31)5-3-13)22(34)29-19(23(35)36)9-14-10-25-12-26-14/h2-5,10,12,16-19,30-31H,6-9,11,24H2,1H3,(H,25,26)(H,27,32)(H,28,33)(H,29,34)(H,35,36). The number of phenols is 1. The van der Waals surface area contributed by atoms with Gasteiger partial charge in [0.25, 0.3) is 0 Å². The zero-order valence-corrected chi connectivity index (χ0v) is 21.0. The summed E-state index contributed by atoms with van der Waals surface area (Å²) in [5.41, 5.74) is 6.63. The number of aromatic amines is 1. The molecule has 0 aliphatic carbocycles. The van der Waals surface area contributed by atoms with Gasteiger partial charge >= 0.3 is 5.97 Å². The third-order valence-corrected chi connectivity index (χ3v) is 6.02. The van der Waals surface area contributed by atoms with E-state index in [2.05, 4.69) is 25.9 Å². The number of benzene rings is 1. The van der Waals surface area contributed by atoms with Gasteiger partial charge in [-0.2, -0.15) is 11.8 Å². The molecule has 0 aliphatic heterocycles. The molecule has 0 radical (unpaired) electrons. The molecule has 9 N–H and O–H groups in total. The molecule has 202 valence electrons. The van der Waals surface area contributed by atoms with Crippen LogP contribution in [0.4, 0.5) is 0 Å². The summed E-state index contributed by atoms with van der Waals surface area (Å²) in [7, 11) is 0. The third kappa shape index (κ3) is 9.74. The van der Waals surface area contributed by atoms with E-state index in [1.807, 2.05) is 6.26 Å². The Morgan fingerprint density at radius 3 is 2.19 bits per heavy atom. The molecule has 37 heavy (non-hydrogen) atoms. The average molecular weight is 537 g/mol. The number of hydrogen-bond acceptors (Lipinski definition) is 9. The van der Waals surface area contributed by atoms with Crippen molar-refractivity contribution in [3.8, 4) is 5.75 Å². The van der Waals surface area contributed by atoms with Gasteiger partial charge in [0.15, 0.2) is 0 Å². The van der Waals surface area contributed by atoms with Crippen molar-refractivity contribution in [2.45, 2.75) is 43.4 Å². The number of aliphatic hydroxyl groups is 1. The lowest BCUT2D eigenvalue weighted by molar-refractivity contribution is -0.142. The van der Waals surface area contributed by atoms with E-state index in [4.69, 9.17) is 10.8 Å².